The molecule has 0 aliphatic carbocycles. The Morgan fingerprint density at radius 2 is 1.88 bits per heavy atom. The Bertz CT molecular complexity index is 682. The normalized spacial score (nSPS) is 11.1. The minimum absolute atomic E-state index is 0.629. The van der Waals surface area contributed by atoms with Crippen molar-refractivity contribution in [2.24, 2.45) is 4.99 Å². The third kappa shape index (κ3) is 5.99. The van der Waals surface area contributed by atoms with Gasteiger partial charge in [-0.3, -0.25) is 4.99 Å². The average Bonchev–Trinajstić information content (AvgIpc) is 2.65. The molecule has 134 valence electrons. The van der Waals surface area contributed by atoms with E-state index in [4.69, 9.17) is 4.74 Å². The lowest BCUT2D eigenvalue weighted by molar-refractivity contribution is 0.414. The van der Waals surface area contributed by atoms with Crippen LogP contribution in [0.4, 0.5) is 5.82 Å². The van der Waals surface area contributed by atoms with E-state index in [0.717, 1.165) is 36.2 Å². The summed E-state index contributed by atoms with van der Waals surface area (Å²) in [5.41, 5.74) is 2.23. The van der Waals surface area contributed by atoms with Crippen molar-refractivity contribution in [3.63, 3.8) is 0 Å². The van der Waals surface area contributed by atoms with E-state index in [-0.39, 0.29) is 0 Å². The van der Waals surface area contributed by atoms with Crippen LogP contribution in [0.25, 0.3) is 0 Å². The molecular weight excluding hydrogens is 314 g/mol. The number of nitrogens with one attached hydrogen (secondary N) is 2. The summed E-state index contributed by atoms with van der Waals surface area (Å²) in [4.78, 5) is 10.8. The summed E-state index contributed by atoms with van der Waals surface area (Å²) in [5.74, 6) is 2.59. The molecule has 0 saturated heterocycles. The highest BCUT2D eigenvalue weighted by Gasteiger charge is 2.02. The summed E-state index contributed by atoms with van der Waals surface area (Å²) in [7, 11) is 7.42. The van der Waals surface area contributed by atoms with Gasteiger partial charge in [-0.1, -0.05) is 18.2 Å². The van der Waals surface area contributed by atoms with Gasteiger partial charge in [0.1, 0.15) is 11.6 Å². The Kier molecular flexibility index (Phi) is 7.07. The van der Waals surface area contributed by atoms with Crippen molar-refractivity contribution in [2.45, 2.75) is 13.0 Å². The van der Waals surface area contributed by atoms with Crippen molar-refractivity contribution < 1.29 is 4.74 Å². The fourth-order valence-corrected chi connectivity index (χ4v) is 2.33. The number of anilines is 1. The second-order valence-electron chi connectivity index (χ2n) is 5.83. The monoisotopic (exact) mass is 341 g/mol. The van der Waals surface area contributed by atoms with Crippen molar-refractivity contribution >= 4 is 11.8 Å². The summed E-state index contributed by atoms with van der Waals surface area (Å²) in [6.45, 7) is 1.43. The lowest BCUT2D eigenvalue weighted by atomic mass is 10.1. The van der Waals surface area contributed by atoms with Crippen molar-refractivity contribution in [1.29, 1.82) is 0 Å². The van der Waals surface area contributed by atoms with Gasteiger partial charge >= 0.3 is 0 Å². The average molecular weight is 341 g/mol. The van der Waals surface area contributed by atoms with Crippen LogP contribution in [0.3, 0.4) is 0 Å². The molecule has 2 N–H and O–H groups in total. The zero-order chi connectivity index (χ0) is 18.1. The summed E-state index contributed by atoms with van der Waals surface area (Å²) < 4.78 is 5.17. The number of hydrogen-bond acceptors (Lipinski definition) is 4. The van der Waals surface area contributed by atoms with Crippen molar-refractivity contribution in [3.8, 4) is 5.75 Å². The van der Waals surface area contributed by atoms with Gasteiger partial charge in [0.2, 0.25) is 0 Å². The molecule has 25 heavy (non-hydrogen) atoms. The first-order valence-electron chi connectivity index (χ1n) is 8.33. The predicted octanol–water partition coefficient (Wildman–Crippen LogP) is 2.06. The number of aromatic nitrogens is 1. The van der Waals surface area contributed by atoms with E-state index in [0.29, 0.717) is 6.54 Å². The summed E-state index contributed by atoms with van der Waals surface area (Å²) >= 11 is 0. The second-order valence-corrected chi connectivity index (χ2v) is 5.83. The zero-order valence-corrected chi connectivity index (χ0v) is 15.4. The van der Waals surface area contributed by atoms with Gasteiger partial charge in [-0.2, -0.15) is 0 Å². The second kappa shape index (κ2) is 9.52. The van der Waals surface area contributed by atoms with E-state index in [1.807, 2.05) is 49.3 Å². The molecule has 0 saturated carbocycles. The number of benzene rings is 1. The minimum atomic E-state index is 0.629. The Morgan fingerprint density at radius 1 is 1.12 bits per heavy atom. The molecule has 0 spiro atoms. The Labute approximate surface area is 149 Å². The molecule has 0 fully saturated rings. The van der Waals surface area contributed by atoms with Crippen molar-refractivity contribution in [1.82, 2.24) is 15.6 Å². The first kappa shape index (κ1) is 18.6. The van der Waals surface area contributed by atoms with E-state index >= 15 is 0 Å². The molecule has 0 aliphatic rings. The summed E-state index contributed by atoms with van der Waals surface area (Å²) in [5, 5.41) is 6.62. The molecule has 0 unspecified atom stereocenters. The molecular formula is C19H27N5O. The number of ether oxygens (including phenoxy) is 1. The lowest BCUT2D eigenvalue weighted by Gasteiger charge is -2.14. The van der Waals surface area contributed by atoms with Crippen LogP contribution in [0.15, 0.2) is 47.5 Å². The van der Waals surface area contributed by atoms with Crippen LogP contribution in [-0.2, 0) is 13.0 Å². The van der Waals surface area contributed by atoms with Gasteiger partial charge in [-0.15, -0.1) is 0 Å². The predicted molar refractivity (Wildman–Crippen MR) is 103 cm³/mol. The molecule has 2 rings (SSSR count). The zero-order valence-electron chi connectivity index (χ0n) is 15.4. The molecule has 6 heteroatoms. The van der Waals surface area contributed by atoms with Crippen molar-refractivity contribution in [2.75, 3.05) is 39.7 Å². The van der Waals surface area contributed by atoms with Gasteiger partial charge in [0.15, 0.2) is 5.96 Å². The molecule has 0 amide bonds. The Hall–Kier alpha value is -2.76. The molecule has 6 nitrogen and oxygen atoms in total. The van der Waals surface area contributed by atoms with E-state index in [1.165, 1.54) is 5.56 Å². The number of guanidine groups is 1. The Morgan fingerprint density at radius 3 is 2.52 bits per heavy atom. The fourth-order valence-electron chi connectivity index (χ4n) is 2.33. The maximum absolute atomic E-state index is 5.17. The maximum Gasteiger partial charge on any atom is 0.191 e. The summed E-state index contributed by atoms with van der Waals surface area (Å²) in [6, 6.07) is 14.1. The van der Waals surface area contributed by atoms with E-state index in [2.05, 4.69) is 32.7 Å². The van der Waals surface area contributed by atoms with Gasteiger partial charge in [0.05, 0.1) is 19.3 Å². The number of nitrogens with zero attached hydrogens (tertiary/aromatic N) is 3. The van der Waals surface area contributed by atoms with Gasteiger partial charge in [0.25, 0.3) is 0 Å². The van der Waals surface area contributed by atoms with Gasteiger partial charge in [-0.05, 0) is 36.2 Å². The van der Waals surface area contributed by atoms with E-state index in [9.17, 15) is 0 Å². The molecule has 1 aromatic carbocycles. The van der Waals surface area contributed by atoms with Crippen LogP contribution in [0.5, 0.6) is 5.75 Å². The number of pyridine rings is 1. The molecule has 0 atom stereocenters. The highest BCUT2D eigenvalue weighted by molar-refractivity contribution is 5.79. The Balaban J connectivity index is 1.79. The fraction of sp³-hybridized carbons (Fsp3) is 0.368. The molecule has 0 bridgehead atoms. The van der Waals surface area contributed by atoms with Crippen LogP contribution in [-0.4, -0.2) is 45.7 Å². The molecule has 1 aromatic heterocycles. The van der Waals surface area contributed by atoms with Gasteiger partial charge < -0.3 is 20.3 Å². The molecule has 0 radical (unpaired) electrons. The summed E-state index contributed by atoms with van der Waals surface area (Å²) in [6.07, 6.45) is 0.916. The van der Waals surface area contributed by atoms with Crippen LogP contribution in [0.2, 0.25) is 0 Å². The van der Waals surface area contributed by atoms with Gasteiger partial charge in [-0.25, -0.2) is 4.98 Å². The van der Waals surface area contributed by atoms with Crippen LogP contribution in [0, 0.1) is 0 Å². The first-order valence-corrected chi connectivity index (χ1v) is 8.33. The van der Waals surface area contributed by atoms with E-state index < -0.39 is 0 Å². The maximum atomic E-state index is 5.17. The van der Waals surface area contributed by atoms with Crippen LogP contribution >= 0.6 is 0 Å². The third-order valence-electron chi connectivity index (χ3n) is 3.78. The quantitative estimate of drug-likeness (QED) is 0.596. The number of rotatable bonds is 7. The topological polar surface area (TPSA) is 61.8 Å². The minimum Gasteiger partial charge on any atom is -0.497 e. The first-order chi connectivity index (χ1) is 12.1. The highest BCUT2D eigenvalue weighted by Crippen LogP contribution is 2.11. The largest absolute Gasteiger partial charge is 0.497 e. The van der Waals surface area contributed by atoms with E-state index in [1.54, 1.807) is 14.2 Å². The van der Waals surface area contributed by atoms with Crippen molar-refractivity contribution in [3.05, 3.63) is 53.7 Å². The molecule has 0 aliphatic heterocycles. The number of hydrogen-bond donors (Lipinski definition) is 2. The van der Waals surface area contributed by atoms with Gasteiger partial charge in [0, 0.05) is 27.7 Å². The van der Waals surface area contributed by atoms with Crippen LogP contribution in [0.1, 0.15) is 11.3 Å². The third-order valence-corrected chi connectivity index (χ3v) is 3.78. The van der Waals surface area contributed by atoms with Crippen LogP contribution < -0.4 is 20.3 Å². The molecule has 2 aromatic rings. The highest BCUT2D eigenvalue weighted by atomic mass is 16.5. The standard InChI is InChI=1S/C19H27N5O/c1-20-19(21-13-12-15-8-10-17(25-4)11-9-15)22-14-16-6-5-7-18(23-16)24(2)3/h5-11H,12-14H2,1-4H3,(H2,20,21,22). The number of methoxy groups -OCH3 is 1. The lowest BCUT2D eigenvalue weighted by Crippen LogP contribution is -2.38. The SMILES string of the molecule is CN=C(NCCc1ccc(OC)cc1)NCc1cccc(N(C)C)n1. The molecule has 1 heterocycles. The number of aliphatic imine (C=N–C) groups is 1. The smallest absolute Gasteiger partial charge is 0.191 e.